The number of aliphatic hydroxyl groups is 1. The minimum atomic E-state index is -0.448. The van der Waals surface area contributed by atoms with E-state index in [9.17, 15) is 5.11 Å². The molecule has 0 heterocycles. The molecule has 0 radical (unpaired) electrons. The lowest BCUT2D eigenvalue weighted by Crippen LogP contribution is -2.42. The molecule has 0 fully saturated rings. The van der Waals surface area contributed by atoms with E-state index in [2.05, 4.69) is 54.3 Å². The number of hydrogen-bond donors (Lipinski definition) is 1. The van der Waals surface area contributed by atoms with Gasteiger partial charge in [0.25, 0.3) is 0 Å². The number of aliphatic hydroxyl groups excluding tert-OH is 1. The van der Waals surface area contributed by atoms with Gasteiger partial charge >= 0.3 is 0 Å². The Morgan fingerprint density at radius 2 is 1.83 bits per heavy atom. The van der Waals surface area contributed by atoms with Gasteiger partial charge in [0, 0.05) is 18.6 Å². The Labute approximate surface area is 124 Å². The molecule has 0 aromatic heterocycles. The quantitative estimate of drug-likeness (QED) is 0.782. The SMILES string of the molecule is CC(C)N(C/C=C\I)[C@@H](C)[C@H](O)c1ccccc1. The average Bonchev–Trinajstić information content (AvgIpc) is 2.38. The van der Waals surface area contributed by atoms with E-state index >= 15 is 0 Å². The summed E-state index contributed by atoms with van der Waals surface area (Å²) in [6.45, 7) is 7.27. The molecule has 0 saturated heterocycles. The van der Waals surface area contributed by atoms with Crippen LogP contribution in [0.25, 0.3) is 0 Å². The zero-order chi connectivity index (χ0) is 13.5. The fourth-order valence-electron chi connectivity index (χ4n) is 2.12. The van der Waals surface area contributed by atoms with Crippen LogP contribution in [0.4, 0.5) is 0 Å². The van der Waals surface area contributed by atoms with Crippen LogP contribution in [0.1, 0.15) is 32.4 Å². The lowest BCUT2D eigenvalue weighted by atomic mass is 10.0. The van der Waals surface area contributed by atoms with E-state index in [-0.39, 0.29) is 6.04 Å². The summed E-state index contributed by atoms with van der Waals surface area (Å²) in [7, 11) is 0. The molecule has 100 valence electrons. The first kappa shape index (κ1) is 15.7. The molecule has 3 heteroatoms. The first-order chi connectivity index (χ1) is 8.57. The molecule has 0 aliphatic heterocycles. The first-order valence-electron chi connectivity index (χ1n) is 6.32. The van der Waals surface area contributed by atoms with Gasteiger partial charge in [0.2, 0.25) is 0 Å². The molecular weight excluding hydrogens is 337 g/mol. The van der Waals surface area contributed by atoms with E-state index in [1.807, 2.05) is 34.4 Å². The van der Waals surface area contributed by atoms with Crippen LogP contribution >= 0.6 is 22.6 Å². The van der Waals surface area contributed by atoms with E-state index in [0.29, 0.717) is 6.04 Å². The van der Waals surface area contributed by atoms with Crippen molar-refractivity contribution in [3.05, 3.63) is 46.1 Å². The molecule has 2 atom stereocenters. The summed E-state index contributed by atoms with van der Waals surface area (Å²) < 4.78 is 2.02. The van der Waals surface area contributed by atoms with Gasteiger partial charge in [-0.1, -0.05) is 59.0 Å². The predicted octanol–water partition coefficient (Wildman–Crippen LogP) is 3.77. The third-order valence-corrected chi connectivity index (χ3v) is 3.70. The maximum Gasteiger partial charge on any atom is 0.0942 e. The highest BCUT2D eigenvalue weighted by Gasteiger charge is 2.24. The minimum absolute atomic E-state index is 0.0972. The second-order valence-electron chi connectivity index (χ2n) is 4.75. The topological polar surface area (TPSA) is 23.5 Å². The van der Waals surface area contributed by atoms with Crippen LogP contribution in [0.3, 0.4) is 0 Å². The molecule has 1 N–H and O–H groups in total. The molecule has 0 aliphatic carbocycles. The van der Waals surface area contributed by atoms with Crippen molar-refractivity contribution in [1.29, 1.82) is 0 Å². The van der Waals surface area contributed by atoms with Crippen LogP contribution < -0.4 is 0 Å². The Kier molecular flexibility index (Phi) is 6.89. The van der Waals surface area contributed by atoms with Crippen molar-refractivity contribution >= 4 is 22.6 Å². The van der Waals surface area contributed by atoms with Crippen molar-refractivity contribution < 1.29 is 5.11 Å². The van der Waals surface area contributed by atoms with Crippen molar-refractivity contribution in [3.8, 4) is 0 Å². The summed E-state index contributed by atoms with van der Waals surface area (Å²) in [6.07, 6.45) is 1.67. The van der Waals surface area contributed by atoms with E-state index in [4.69, 9.17) is 0 Å². The second kappa shape index (κ2) is 7.92. The van der Waals surface area contributed by atoms with Crippen LogP contribution in [0.2, 0.25) is 0 Å². The largest absolute Gasteiger partial charge is 0.387 e. The smallest absolute Gasteiger partial charge is 0.0942 e. The lowest BCUT2D eigenvalue weighted by molar-refractivity contribution is 0.0477. The maximum atomic E-state index is 10.4. The number of benzene rings is 1. The molecule has 1 aromatic rings. The molecular formula is C15H22INO. The normalized spacial score (nSPS) is 15.5. The molecule has 0 aliphatic rings. The highest BCUT2D eigenvalue weighted by molar-refractivity contribution is 14.1. The van der Waals surface area contributed by atoms with Gasteiger partial charge in [-0.2, -0.15) is 0 Å². The molecule has 18 heavy (non-hydrogen) atoms. The highest BCUT2D eigenvalue weighted by Crippen LogP contribution is 2.22. The van der Waals surface area contributed by atoms with Crippen LogP contribution in [-0.4, -0.2) is 28.6 Å². The van der Waals surface area contributed by atoms with E-state index in [1.165, 1.54) is 0 Å². The molecule has 0 spiro atoms. The van der Waals surface area contributed by atoms with Crippen LogP contribution in [0, 0.1) is 0 Å². The maximum absolute atomic E-state index is 10.4. The first-order valence-corrected chi connectivity index (χ1v) is 7.56. The zero-order valence-corrected chi connectivity index (χ0v) is 13.4. The van der Waals surface area contributed by atoms with Crippen LogP contribution in [0.15, 0.2) is 40.5 Å². The van der Waals surface area contributed by atoms with Crippen molar-refractivity contribution in [2.24, 2.45) is 0 Å². The fraction of sp³-hybridized carbons (Fsp3) is 0.467. The summed E-state index contributed by atoms with van der Waals surface area (Å²) >= 11 is 2.23. The third-order valence-electron chi connectivity index (χ3n) is 3.19. The Hall–Kier alpha value is -0.390. The van der Waals surface area contributed by atoms with Crippen molar-refractivity contribution in [2.75, 3.05) is 6.54 Å². The van der Waals surface area contributed by atoms with Gasteiger partial charge in [-0.25, -0.2) is 0 Å². The Morgan fingerprint density at radius 1 is 1.22 bits per heavy atom. The third kappa shape index (κ3) is 4.37. The molecule has 0 bridgehead atoms. The summed E-state index contributed by atoms with van der Waals surface area (Å²) in [5.74, 6) is 0. The van der Waals surface area contributed by atoms with Crippen molar-refractivity contribution in [1.82, 2.24) is 4.90 Å². The van der Waals surface area contributed by atoms with Crippen LogP contribution in [-0.2, 0) is 0 Å². The van der Waals surface area contributed by atoms with E-state index in [0.717, 1.165) is 12.1 Å². The molecule has 0 amide bonds. The Balaban J connectivity index is 2.79. The number of rotatable bonds is 6. The predicted molar refractivity (Wildman–Crippen MR) is 85.9 cm³/mol. The van der Waals surface area contributed by atoms with E-state index in [1.54, 1.807) is 0 Å². The number of nitrogens with zero attached hydrogens (tertiary/aromatic N) is 1. The second-order valence-corrected chi connectivity index (χ2v) is 5.47. The van der Waals surface area contributed by atoms with Gasteiger partial charge in [0.05, 0.1) is 6.10 Å². The Bertz CT molecular complexity index is 364. The fourth-order valence-corrected chi connectivity index (χ4v) is 2.35. The average molecular weight is 359 g/mol. The Morgan fingerprint density at radius 3 is 2.33 bits per heavy atom. The number of hydrogen-bond acceptors (Lipinski definition) is 2. The monoisotopic (exact) mass is 359 g/mol. The zero-order valence-electron chi connectivity index (χ0n) is 11.3. The molecule has 2 nitrogen and oxygen atoms in total. The minimum Gasteiger partial charge on any atom is -0.387 e. The summed E-state index contributed by atoms with van der Waals surface area (Å²) in [6, 6.07) is 10.4. The molecule has 0 saturated carbocycles. The molecule has 1 rings (SSSR count). The van der Waals surface area contributed by atoms with Crippen LogP contribution in [0.5, 0.6) is 0 Å². The highest BCUT2D eigenvalue weighted by atomic mass is 127. The van der Waals surface area contributed by atoms with Gasteiger partial charge in [0.1, 0.15) is 0 Å². The van der Waals surface area contributed by atoms with Gasteiger partial charge in [-0.3, -0.25) is 4.90 Å². The lowest BCUT2D eigenvalue weighted by Gasteiger charge is -2.34. The molecule has 1 aromatic carbocycles. The molecule has 0 unspecified atom stereocenters. The standard InChI is InChI=1S/C15H22INO/c1-12(2)17(11-7-10-16)13(3)15(18)14-8-5-4-6-9-14/h4-10,12-13,15,18H,11H2,1-3H3/b10-7-/t13-,15-/m0/s1. The van der Waals surface area contributed by atoms with E-state index < -0.39 is 6.10 Å². The van der Waals surface area contributed by atoms with Gasteiger partial charge < -0.3 is 5.11 Å². The summed E-state index contributed by atoms with van der Waals surface area (Å²) in [4.78, 5) is 2.30. The van der Waals surface area contributed by atoms with Crippen molar-refractivity contribution in [3.63, 3.8) is 0 Å². The summed E-state index contributed by atoms with van der Waals surface area (Å²) in [5, 5.41) is 10.4. The summed E-state index contributed by atoms with van der Waals surface area (Å²) in [5.41, 5.74) is 0.981. The van der Waals surface area contributed by atoms with Crippen molar-refractivity contribution in [2.45, 2.75) is 39.0 Å². The van der Waals surface area contributed by atoms with Gasteiger partial charge in [-0.05, 0) is 30.4 Å². The number of halogens is 1. The van der Waals surface area contributed by atoms with Gasteiger partial charge in [-0.15, -0.1) is 0 Å². The van der Waals surface area contributed by atoms with Gasteiger partial charge in [0.15, 0.2) is 0 Å².